The van der Waals surface area contributed by atoms with Gasteiger partial charge in [0, 0.05) is 20.1 Å². The van der Waals surface area contributed by atoms with Crippen molar-refractivity contribution >= 4 is 5.91 Å². The van der Waals surface area contributed by atoms with Gasteiger partial charge in [0.25, 0.3) is 0 Å². The lowest BCUT2D eigenvalue weighted by Crippen LogP contribution is -2.49. The van der Waals surface area contributed by atoms with Crippen LogP contribution < -0.4 is 10.1 Å². The first kappa shape index (κ1) is 15.8. The molecule has 2 rings (SSSR count). The van der Waals surface area contributed by atoms with Crippen LogP contribution in [0, 0.1) is 0 Å². The summed E-state index contributed by atoms with van der Waals surface area (Å²) < 4.78 is 16.2. The number of methoxy groups -OCH3 is 1. The van der Waals surface area contributed by atoms with E-state index in [1.807, 2.05) is 30.3 Å². The van der Waals surface area contributed by atoms with Crippen LogP contribution in [0.1, 0.15) is 19.3 Å². The Morgan fingerprint density at radius 1 is 1.38 bits per heavy atom. The fourth-order valence-corrected chi connectivity index (χ4v) is 2.33. The van der Waals surface area contributed by atoms with Crippen molar-refractivity contribution in [3.63, 3.8) is 0 Å². The molecule has 2 atom stereocenters. The Morgan fingerprint density at radius 2 is 2.19 bits per heavy atom. The summed E-state index contributed by atoms with van der Waals surface area (Å²) in [7, 11) is 1.65. The van der Waals surface area contributed by atoms with E-state index >= 15 is 0 Å². The predicted molar refractivity (Wildman–Crippen MR) is 79.3 cm³/mol. The smallest absolute Gasteiger partial charge is 0.220 e. The highest BCUT2D eigenvalue weighted by Gasteiger charge is 2.26. The fraction of sp³-hybridized carbons (Fsp3) is 0.562. The minimum Gasteiger partial charge on any atom is -0.494 e. The summed E-state index contributed by atoms with van der Waals surface area (Å²) in [4.78, 5) is 11.9. The predicted octanol–water partition coefficient (Wildman–Crippen LogP) is 1.77. The molecule has 21 heavy (non-hydrogen) atoms. The monoisotopic (exact) mass is 293 g/mol. The summed E-state index contributed by atoms with van der Waals surface area (Å²) in [6.07, 6.45) is 1.90. The Hall–Kier alpha value is -1.59. The maximum Gasteiger partial charge on any atom is 0.220 e. The van der Waals surface area contributed by atoms with Gasteiger partial charge in [0.05, 0.1) is 19.3 Å². The van der Waals surface area contributed by atoms with Crippen LogP contribution in [0.3, 0.4) is 0 Å². The highest BCUT2D eigenvalue weighted by atomic mass is 16.5. The van der Waals surface area contributed by atoms with E-state index in [4.69, 9.17) is 14.2 Å². The van der Waals surface area contributed by atoms with Crippen LogP contribution in [0.25, 0.3) is 0 Å². The van der Waals surface area contributed by atoms with Gasteiger partial charge in [-0.2, -0.15) is 0 Å². The average Bonchev–Trinajstić information content (AvgIpc) is 2.53. The fourth-order valence-electron chi connectivity index (χ4n) is 2.33. The van der Waals surface area contributed by atoms with Crippen molar-refractivity contribution in [2.45, 2.75) is 31.4 Å². The lowest BCUT2D eigenvalue weighted by molar-refractivity contribution is -0.125. The van der Waals surface area contributed by atoms with E-state index in [-0.39, 0.29) is 18.1 Å². The molecule has 1 saturated heterocycles. The Morgan fingerprint density at radius 3 is 2.95 bits per heavy atom. The molecule has 1 aromatic rings. The molecule has 1 heterocycles. The van der Waals surface area contributed by atoms with E-state index in [1.165, 1.54) is 0 Å². The number of para-hydroxylation sites is 1. The van der Waals surface area contributed by atoms with Gasteiger partial charge in [-0.05, 0) is 25.0 Å². The Balaban J connectivity index is 1.63. The molecule has 5 nitrogen and oxygen atoms in total. The third kappa shape index (κ3) is 5.36. The SMILES string of the molecule is CO[C@@H]1COCC[C@H]1NC(=O)CCCOc1ccccc1. The van der Waals surface area contributed by atoms with Crippen LogP contribution in [0.15, 0.2) is 30.3 Å². The second-order valence-corrected chi connectivity index (χ2v) is 5.08. The van der Waals surface area contributed by atoms with Gasteiger partial charge in [-0.3, -0.25) is 4.79 Å². The summed E-state index contributed by atoms with van der Waals surface area (Å²) in [5, 5.41) is 3.02. The Labute approximate surface area is 125 Å². The van der Waals surface area contributed by atoms with Crippen LogP contribution in [0.4, 0.5) is 0 Å². The van der Waals surface area contributed by atoms with E-state index in [0.29, 0.717) is 32.7 Å². The zero-order valence-corrected chi connectivity index (χ0v) is 12.4. The van der Waals surface area contributed by atoms with Gasteiger partial charge in [-0.15, -0.1) is 0 Å². The number of rotatable bonds is 7. The van der Waals surface area contributed by atoms with Crippen LogP contribution in [-0.2, 0) is 14.3 Å². The molecule has 0 bridgehead atoms. The van der Waals surface area contributed by atoms with Crippen molar-refractivity contribution in [2.24, 2.45) is 0 Å². The molecule has 1 aliphatic rings. The summed E-state index contributed by atoms with van der Waals surface area (Å²) in [6, 6.07) is 9.67. The number of hydrogen-bond acceptors (Lipinski definition) is 4. The molecule has 0 aromatic heterocycles. The molecular formula is C16H23NO4. The average molecular weight is 293 g/mol. The van der Waals surface area contributed by atoms with E-state index in [0.717, 1.165) is 12.2 Å². The number of ether oxygens (including phenoxy) is 3. The summed E-state index contributed by atoms with van der Waals surface area (Å²) in [5.41, 5.74) is 0. The molecule has 1 fully saturated rings. The maximum absolute atomic E-state index is 11.9. The number of carbonyl (C=O) groups excluding carboxylic acids is 1. The van der Waals surface area contributed by atoms with Gasteiger partial charge in [0.15, 0.2) is 0 Å². The Bertz CT molecular complexity index is 424. The molecule has 0 radical (unpaired) electrons. The zero-order chi connectivity index (χ0) is 14.9. The van der Waals surface area contributed by atoms with Crippen molar-refractivity contribution in [1.29, 1.82) is 0 Å². The van der Waals surface area contributed by atoms with Crippen molar-refractivity contribution in [1.82, 2.24) is 5.32 Å². The first-order chi connectivity index (χ1) is 10.3. The highest BCUT2D eigenvalue weighted by molar-refractivity contribution is 5.76. The van der Waals surface area contributed by atoms with Crippen LogP contribution >= 0.6 is 0 Å². The van der Waals surface area contributed by atoms with Gasteiger partial charge in [-0.25, -0.2) is 0 Å². The second kappa shape index (κ2) is 8.64. The first-order valence-corrected chi connectivity index (χ1v) is 7.37. The minimum atomic E-state index is -0.0525. The van der Waals surface area contributed by atoms with Crippen molar-refractivity contribution in [2.75, 3.05) is 26.9 Å². The molecule has 1 aromatic carbocycles. The molecule has 1 N–H and O–H groups in total. The quantitative estimate of drug-likeness (QED) is 0.778. The number of nitrogens with one attached hydrogen (secondary N) is 1. The molecular weight excluding hydrogens is 270 g/mol. The zero-order valence-electron chi connectivity index (χ0n) is 12.4. The second-order valence-electron chi connectivity index (χ2n) is 5.08. The van der Waals surface area contributed by atoms with E-state index in [1.54, 1.807) is 7.11 Å². The lowest BCUT2D eigenvalue weighted by Gasteiger charge is -2.31. The van der Waals surface area contributed by atoms with Gasteiger partial charge >= 0.3 is 0 Å². The summed E-state index contributed by atoms with van der Waals surface area (Å²) in [6.45, 7) is 1.75. The normalized spacial score (nSPS) is 21.8. The molecule has 0 unspecified atom stereocenters. The van der Waals surface area contributed by atoms with Gasteiger partial charge in [0.2, 0.25) is 5.91 Å². The van der Waals surface area contributed by atoms with Crippen molar-refractivity contribution < 1.29 is 19.0 Å². The highest BCUT2D eigenvalue weighted by Crippen LogP contribution is 2.11. The third-order valence-corrected chi connectivity index (χ3v) is 3.51. The summed E-state index contributed by atoms with van der Waals surface area (Å²) >= 11 is 0. The van der Waals surface area contributed by atoms with E-state index < -0.39 is 0 Å². The lowest BCUT2D eigenvalue weighted by atomic mass is 10.1. The van der Waals surface area contributed by atoms with Gasteiger partial charge in [-0.1, -0.05) is 18.2 Å². The number of carbonyl (C=O) groups is 1. The number of amides is 1. The van der Waals surface area contributed by atoms with Crippen molar-refractivity contribution in [3.05, 3.63) is 30.3 Å². The van der Waals surface area contributed by atoms with Crippen LogP contribution in [0.2, 0.25) is 0 Å². The summed E-state index contributed by atoms with van der Waals surface area (Å²) in [5.74, 6) is 0.877. The van der Waals surface area contributed by atoms with E-state index in [2.05, 4.69) is 5.32 Å². The first-order valence-electron chi connectivity index (χ1n) is 7.37. The Kier molecular flexibility index (Phi) is 6.50. The van der Waals surface area contributed by atoms with Gasteiger partial charge < -0.3 is 19.5 Å². The molecule has 0 aliphatic carbocycles. The number of hydrogen-bond donors (Lipinski definition) is 1. The topological polar surface area (TPSA) is 56.8 Å². The third-order valence-electron chi connectivity index (χ3n) is 3.51. The standard InChI is InChI=1S/C16H23NO4/c1-19-15-12-20-11-9-14(15)17-16(18)8-5-10-21-13-6-3-2-4-7-13/h2-4,6-7,14-15H,5,8-12H2,1H3,(H,17,18)/t14-,15-/m1/s1. The molecule has 1 amide bonds. The van der Waals surface area contributed by atoms with E-state index in [9.17, 15) is 4.79 Å². The largest absolute Gasteiger partial charge is 0.494 e. The van der Waals surface area contributed by atoms with Crippen LogP contribution in [0.5, 0.6) is 5.75 Å². The van der Waals surface area contributed by atoms with Crippen LogP contribution in [-0.4, -0.2) is 45.0 Å². The maximum atomic E-state index is 11.9. The van der Waals surface area contributed by atoms with Gasteiger partial charge in [0.1, 0.15) is 11.9 Å². The molecule has 1 aliphatic heterocycles. The molecule has 0 spiro atoms. The minimum absolute atomic E-state index is 0.0422. The molecule has 5 heteroatoms. The molecule has 116 valence electrons. The molecule has 0 saturated carbocycles. The van der Waals surface area contributed by atoms with Crippen molar-refractivity contribution in [3.8, 4) is 5.75 Å². The number of benzene rings is 1.